The molecule has 0 saturated heterocycles. The van der Waals surface area contributed by atoms with Crippen LogP contribution >= 0.6 is 11.3 Å². The fourth-order valence-corrected chi connectivity index (χ4v) is 4.60. The minimum atomic E-state index is -3.57. The summed E-state index contributed by atoms with van der Waals surface area (Å²) in [6.07, 6.45) is 0. The lowest BCUT2D eigenvalue weighted by atomic mass is 10.2. The molecule has 2 rings (SSSR count). The largest absolute Gasteiger partial charge is 0.454 e. The van der Waals surface area contributed by atoms with Gasteiger partial charge < -0.3 is 4.74 Å². The summed E-state index contributed by atoms with van der Waals surface area (Å²) in [5, 5.41) is 0. The van der Waals surface area contributed by atoms with E-state index in [1.807, 2.05) is 13.0 Å². The number of ketones is 1. The summed E-state index contributed by atoms with van der Waals surface area (Å²) < 4.78 is 31.2. The molecule has 0 fully saturated rings. The number of hydrogen-bond acceptors (Lipinski definition) is 6. The van der Waals surface area contributed by atoms with Crippen molar-refractivity contribution < 1.29 is 22.7 Å². The molecule has 0 spiro atoms. The van der Waals surface area contributed by atoms with Gasteiger partial charge in [0.1, 0.15) is 0 Å². The summed E-state index contributed by atoms with van der Waals surface area (Å²) in [5.74, 6) is -0.935. The molecule has 0 unspecified atom stereocenters. The van der Waals surface area contributed by atoms with Crippen molar-refractivity contribution in [1.29, 1.82) is 0 Å². The number of sulfonamides is 1. The number of hydrogen-bond donors (Lipinski definition) is 0. The smallest absolute Gasteiger partial charge is 0.338 e. The first-order valence-corrected chi connectivity index (χ1v) is 10.4. The van der Waals surface area contributed by atoms with Crippen molar-refractivity contribution in [2.75, 3.05) is 19.7 Å². The lowest BCUT2D eigenvalue weighted by Crippen LogP contribution is -2.30. The SMILES string of the molecule is CCN(CC)S(=O)(=O)c1ccc(C(=O)OCC(=O)c2ccc(C)s2)cc1. The molecule has 0 bridgehead atoms. The highest BCUT2D eigenvalue weighted by Crippen LogP contribution is 2.18. The molecular weight excluding hydrogens is 374 g/mol. The molecule has 0 aliphatic rings. The van der Waals surface area contributed by atoms with Gasteiger partial charge in [-0.25, -0.2) is 13.2 Å². The Balaban J connectivity index is 2.03. The summed E-state index contributed by atoms with van der Waals surface area (Å²) in [6, 6.07) is 9.04. The maximum absolute atomic E-state index is 12.4. The molecule has 0 N–H and O–H groups in total. The molecule has 1 aromatic heterocycles. The molecule has 8 heteroatoms. The summed E-state index contributed by atoms with van der Waals surface area (Å²) >= 11 is 1.34. The Hall–Kier alpha value is -2.03. The van der Waals surface area contributed by atoms with E-state index in [0.29, 0.717) is 18.0 Å². The fraction of sp³-hybridized carbons (Fsp3) is 0.333. The summed E-state index contributed by atoms with van der Waals surface area (Å²) in [7, 11) is -3.57. The first-order valence-electron chi connectivity index (χ1n) is 8.16. The molecule has 0 amide bonds. The molecule has 1 heterocycles. The second kappa shape index (κ2) is 8.57. The van der Waals surface area contributed by atoms with Gasteiger partial charge in [-0.15, -0.1) is 11.3 Å². The molecule has 2 aromatic rings. The molecular formula is C18H21NO5S2. The molecule has 26 heavy (non-hydrogen) atoms. The van der Waals surface area contributed by atoms with Crippen LogP contribution in [0.1, 0.15) is 38.8 Å². The summed E-state index contributed by atoms with van der Waals surface area (Å²) in [6.45, 7) is 5.80. The van der Waals surface area contributed by atoms with Crippen molar-refractivity contribution in [3.8, 4) is 0 Å². The standard InChI is InChI=1S/C18H21NO5S2/c1-4-19(5-2)26(22,23)15-9-7-14(8-10-15)18(21)24-12-16(20)17-11-6-13(3)25-17/h6-11H,4-5,12H2,1-3H3. The zero-order valence-electron chi connectivity index (χ0n) is 14.9. The Labute approximate surface area is 157 Å². The minimum absolute atomic E-state index is 0.114. The van der Waals surface area contributed by atoms with Crippen LogP contribution in [0.15, 0.2) is 41.3 Å². The fourth-order valence-electron chi connectivity index (χ4n) is 2.35. The van der Waals surface area contributed by atoms with Crippen molar-refractivity contribution in [3.05, 3.63) is 51.7 Å². The van der Waals surface area contributed by atoms with E-state index in [-0.39, 0.29) is 22.8 Å². The number of carbonyl (C=O) groups is 2. The minimum Gasteiger partial charge on any atom is -0.454 e. The van der Waals surface area contributed by atoms with E-state index in [0.717, 1.165) is 4.88 Å². The van der Waals surface area contributed by atoms with Gasteiger partial charge in [0.2, 0.25) is 15.8 Å². The van der Waals surface area contributed by atoms with E-state index in [1.54, 1.807) is 19.9 Å². The normalized spacial score (nSPS) is 11.5. The van der Waals surface area contributed by atoms with Crippen LogP contribution in [-0.2, 0) is 14.8 Å². The van der Waals surface area contributed by atoms with Crippen molar-refractivity contribution >= 4 is 33.1 Å². The molecule has 0 aliphatic heterocycles. The summed E-state index contributed by atoms with van der Waals surface area (Å²) in [4.78, 5) is 25.7. The number of carbonyl (C=O) groups excluding carboxylic acids is 2. The van der Waals surface area contributed by atoms with E-state index in [4.69, 9.17) is 4.74 Å². The molecule has 0 aliphatic carbocycles. The van der Waals surface area contributed by atoms with E-state index < -0.39 is 16.0 Å². The number of nitrogens with zero attached hydrogens (tertiary/aromatic N) is 1. The van der Waals surface area contributed by atoms with Crippen molar-refractivity contribution in [3.63, 3.8) is 0 Å². The number of thiophene rings is 1. The molecule has 6 nitrogen and oxygen atoms in total. The Kier molecular flexibility index (Phi) is 6.69. The highest BCUT2D eigenvalue weighted by atomic mass is 32.2. The van der Waals surface area contributed by atoms with Gasteiger partial charge in [0.15, 0.2) is 6.61 Å². The maximum atomic E-state index is 12.4. The van der Waals surface area contributed by atoms with Gasteiger partial charge in [-0.2, -0.15) is 4.31 Å². The molecule has 0 atom stereocenters. The Morgan fingerprint density at radius 2 is 1.65 bits per heavy atom. The van der Waals surface area contributed by atoms with Gasteiger partial charge in [0.25, 0.3) is 0 Å². The number of rotatable bonds is 8. The first-order chi connectivity index (χ1) is 12.3. The lowest BCUT2D eigenvalue weighted by molar-refractivity contribution is 0.0475. The van der Waals surface area contributed by atoms with Crippen LogP contribution < -0.4 is 0 Å². The first kappa shape index (κ1) is 20.3. The zero-order chi connectivity index (χ0) is 19.3. The number of Topliss-reactive ketones (excluding diaryl/α,β-unsaturated/α-hetero) is 1. The van der Waals surface area contributed by atoms with E-state index in [9.17, 15) is 18.0 Å². The number of esters is 1. The van der Waals surface area contributed by atoms with Crippen molar-refractivity contribution in [2.45, 2.75) is 25.7 Å². The Morgan fingerprint density at radius 1 is 1.04 bits per heavy atom. The molecule has 0 saturated carbocycles. The molecule has 140 valence electrons. The third-order valence-electron chi connectivity index (χ3n) is 3.78. The average molecular weight is 396 g/mol. The van der Waals surface area contributed by atoms with Crippen LogP contribution in [0.5, 0.6) is 0 Å². The second-order valence-corrected chi connectivity index (χ2v) is 8.75. The molecule has 1 aromatic carbocycles. The van der Waals surface area contributed by atoms with Gasteiger partial charge in [-0.05, 0) is 43.3 Å². The highest BCUT2D eigenvalue weighted by Gasteiger charge is 2.22. The maximum Gasteiger partial charge on any atom is 0.338 e. The van der Waals surface area contributed by atoms with Gasteiger partial charge >= 0.3 is 5.97 Å². The third-order valence-corrected chi connectivity index (χ3v) is 6.89. The second-order valence-electron chi connectivity index (χ2n) is 5.52. The van der Waals surface area contributed by atoms with Gasteiger partial charge in [-0.3, -0.25) is 4.79 Å². The van der Waals surface area contributed by atoms with Crippen molar-refractivity contribution in [1.82, 2.24) is 4.31 Å². The van der Waals surface area contributed by atoms with Gasteiger partial charge in [-0.1, -0.05) is 13.8 Å². The predicted molar refractivity (Wildman–Crippen MR) is 100 cm³/mol. The summed E-state index contributed by atoms with van der Waals surface area (Å²) in [5.41, 5.74) is 0.193. The number of aryl methyl sites for hydroxylation is 1. The molecule has 0 radical (unpaired) electrons. The monoisotopic (exact) mass is 395 g/mol. The highest BCUT2D eigenvalue weighted by molar-refractivity contribution is 7.89. The van der Waals surface area contributed by atoms with E-state index in [2.05, 4.69) is 0 Å². The van der Waals surface area contributed by atoms with E-state index >= 15 is 0 Å². The number of benzene rings is 1. The quantitative estimate of drug-likeness (QED) is 0.507. The van der Waals surface area contributed by atoms with Crippen LogP contribution in [0.3, 0.4) is 0 Å². The van der Waals surface area contributed by atoms with Crippen molar-refractivity contribution in [2.24, 2.45) is 0 Å². The van der Waals surface area contributed by atoms with Gasteiger partial charge in [0.05, 0.1) is 15.3 Å². The third kappa shape index (κ3) is 4.57. The number of ether oxygens (including phenoxy) is 1. The topological polar surface area (TPSA) is 80.8 Å². The van der Waals surface area contributed by atoms with Crippen LogP contribution in [0.4, 0.5) is 0 Å². The predicted octanol–water partition coefficient (Wildman–Crippen LogP) is 3.13. The van der Waals surface area contributed by atoms with Crippen LogP contribution in [0.25, 0.3) is 0 Å². The van der Waals surface area contributed by atoms with Crippen LogP contribution in [0, 0.1) is 6.92 Å². The van der Waals surface area contributed by atoms with Crippen LogP contribution in [0.2, 0.25) is 0 Å². The lowest BCUT2D eigenvalue weighted by Gasteiger charge is -2.18. The van der Waals surface area contributed by atoms with E-state index in [1.165, 1.54) is 39.9 Å². The average Bonchev–Trinajstić information content (AvgIpc) is 3.07. The Morgan fingerprint density at radius 3 is 2.15 bits per heavy atom. The van der Waals surface area contributed by atoms with Gasteiger partial charge in [0, 0.05) is 18.0 Å². The Bertz CT molecular complexity index is 881. The van der Waals surface area contributed by atoms with Crippen LogP contribution in [-0.4, -0.2) is 44.2 Å². The zero-order valence-corrected chi connectivity index (χ0v) is 16.5.